The van der Waals surface area contributed by atoms with Crippen molar-refractivity contribution in [2.75, 3.05) is 13.1 Å². The second-order valence-electron chi connectivity index (χ2n) is 4.67. The Kier molecular flexibility index (Phi) is 6.03. The fourth-order valence-electron chi connectivity index (χ4n) is 2.36. The Labute approximate surface area is 127 Å². The number of rotatable bonds is 3. The van der Waals surface area contributed by atoms with Crippen molar-refractivity contribution in [3.63, 3.8) is 0 Å². The van der Waals surface area contributed by atoms with Gasteiger partial charge in [-0.3, -0.25) is 0 Å². The van der Waals surface area contributed by atoms with Crippen molar-refractivity contribution in [1.82, 2.24) is 4.31 Å². The number of sulfonamides is 1. The van der Waals surface area contributed by atoms with Gasteiger partial charge < -0.3 is 5.73 Å². The van der Waals surface area contributed by atoms with Gasteiger partial charge in [0.25, 0.3) is 0 Å². The zero-order valence-corrected chi connectivity index (χ0v) is 12.7. The quantitative estimate of drug-likeness (QED) is 0.853. The van der Waals surface area contributed by atoms with Gasteiger partial charge >= 0.3 is 0 Å². The van der Waals surface area contributed by atoms with Gasteiger partial charge in [-0.15, -0.1) is 12.4 Å². The molecule has 4 nitrogen and oxygen atoms in total. The average Bonchev–Trinajstić information content (AvgIpc) is 2.44. The van der Waals surface area contributed by atoms with Crippen molar-refractivity contribution in [2.45, 2.75) is 30.2 Å². The molecule has 0 radical (unpaired) electrons. The summed E-state index contributed by atoms with van der Waals surface area (Å²) >= 11 is 0. The monoisotopic (exact) mass is 344 g/mol. The molecule has 1 heterocycles. The Morgan fingerprint density at radius 3 is 2.48 bits per heavy atom. The summed E-state index contributed by atoms with van der Waals surface area (Å²) < 4.78 is 65.6. The number of nitrogens with two attached hydrogens (primary N) is 1. The fraction of sp³-hybridized carbons (Fsp3) is 0.500. The van der Waals surface area contributed by atoms with Crippen molar-refractivity contribution < 1.29 is 21.6 Å². The number of halogens is 4. The smallest absolute Gasteiger partial charge is 0.246 e. The largest absolute Gasteiger partial charge is 0.329 e. The molecule has 0 saturated carbocycles. The van der Waals surface area contributed by atoms with E-state index >= 15 is 0 Å². The van der Waals surface area contributed by atoms with Crippen LogP contribution >= 0.6 is 12.4 Å². The first kappa shape index (κ1) is 18.2. The Hall–Kier alpha value is -0.830. The van der Waals surface area contributed by atoms with E-state index in [4.69, 9.17) is 5.73 Å². The van der Waals surface area contributed by atoms with E-state index in [1.165, 1.54) is 0 Å². The second-order valence-corrected chi connectivity index (χ2v) is 6.53. The highest BCUT2D eigenvalue weighted by Gasteiger charge is 2.35. The van der Waals surface area contributed by atoms with Crippen LogP contribution in [0.1, 0.15) is 19.3 Å². The Balaban J connectivity index is 0.00000220. The van der Waals surface area contributed by atoms with E-state index < -0.39 is 38.4 Å². The third-order valence-corrected chi connectivity index (χ3v) is 5.40. The maximum absolute atomic E-state index is 13.7. The maximum atomic E-state index is 13.7. The van der Waals surface area contributed by atoms with Gasteiger partial charge in [-0.2, -0.15) is 4.31 Å². The molecule has 0 aromatic heterocycles. The first-order chi connectivity index (χ1) is 9.39. The molecule has 1 aromatic rings. The lowest BCUT2D eigenvalue weighted by atomic mass is 10.1. The van der Waals surface area contributed by atoms with Crippen LogP contribution in [0.3, 0.4) is 0 Å². The first-order valence-electron chi connectivity index (χ1n) is 6.25. The topological polar surface area (TPSA) is 63.4 Å². The standard InChI is InChI=1S/C12H15F3N2O2S.ClH/c13-9-4-5-10(12(15)11(9)14)20(18,19)17-6-2-1-3-8(17)7-16;/h4-5,8H,1-3,6-7,16H2;1H. The van der Waals surface area contributed by atoms with Gasteiger partial charge in [0, 0.05) is 19.1 Å². The summed E-state index contributed by atoms with van der Waals surface area (Å²) in [4.78, 5) is -0.850. The molecule has 1 fully saturated rings. The minimum absolute atomic E-state index is 0. The molecule has 2 rings (SSSR count). The lowest BCUT2D eigenvalue weighted by molar-refractivity contribution is 0.256. The predicted octanol–water partition coefficient (Wildman–Crippen LogP) is 2.03. The lowest BCUT2D eigenvalue weighted by Crippen LogP contribution is -2.47. The van der Waals surface area contributed by atoms with E-state index in [9.17, 15) is 21.6 Å². The molecule has 120 valence electrons. The van der Waals surface area contributed by atoms with Crippen molar-refractivity contribution in [1.29, 1.82) is 0 Å². The highest BCUT2D eigenvalue weighted by Crippen LogP contribution is 2.28. The SMILES string of the molecule is Cl.NCC1CCCCN1S(=O)(=O)c1ccc(F)c(F)c1F. The summed E-state index contributed by atoms with van der Waals surface area (Å²) in [7, 11) is -4.22. The molecule has 1 aliphatic heterocycles. The van der Waals surface area contributed by atoms with Gasteiger partial charge in [0.2, 0.25) is 10.0 Å². The van der Waals surface area contributed by atoms with Crippen LogP contribution in [-0.2, 0) is 10.0 Å². The summed E-state index contributed by atoms with van der Waals surface area (Å²) in [5.74, 6) is -4.89. The third-order valence-electron chi connectivity index (χ3n) is 3.43. The number of nitrogens with zero attached hydrogens (tertiary/aromatic N) is 1. The van der Waals surface area contributed by atoms with Gasteiger partial charge in [-0.1, -0.05) is 6.42 Å². The fourth-order valence-corrected chi connectivity index (χ4v) is 4.12. The van der Waals surface area contributed by atoms with E-state index in [0.29, 0.717) is 18.9 Å². The van der Waals surface area contributed by atoms with Crippen molar-refractivity contribution >= 4 is 22.4 Å². The summed E-state index contributed by atoms with van der Waals surface area (Å²) in [5.41, 5.74) is 5.53. The summed E-state index contributed by atoms with van der Waals surface area (Å²) in [5, 5.41) is 0. The van der Waals surface area contributed by atoms with Gasteiger partial charge in [-0.05, 0) is 25.0 Å². The average molecular weight is 345 g/mol. The first-order valence-corrected chi connectivity index (χ1v) is 7.69. The van der Waals surface area contributed by atoms with Crippen LogP contribution in [0.4, 0.5) is 13.2 Å². The highest BCUT2D eigenvalue weighted by molar-refractivity contribution is 7.89. The van der Waals surface area contributed by atoms with E-state index in [1.807, 2.05) is 0 Å². The van der Waals surface area contributed by atoms with Crippen molar-refractivity contribution in [3.8, 4) is 0 Å². The minimum atomic E-state index is -4.22. The molecule has 1 unspecified atom stereocenters. The predicted molar refractivity (Wildman–Crippen MR) is 74.1 cm³/mol. The molecule has 0 spiro atoms. The molecular weight excluding hydrogens is 329 g/mol. The number of hydrogen-bond acceptors (Lipinski definition) is 3. The molecule has 2 N–H and O–H groups in total. The minimum Gasteiger partial charge on any atom is -0.329 e. The number of benzene rings is 1. The lowest BCUT2D eigenvalue weighted by Gasteiger charge is -2.33. The van der Waals surface area contributed by atoms with Crippen LogP contribution in [0.15, 0.2) is 17.0 Å². The van der Waals surface area contributed by atoms with Crippen LogP contribution in [-0.4, -0.2) is 31.9 Å². The molecular formula is C12H16ClF3N2O2S. The van der Waals surface area contributed by atoms with Crippen LogP contribution < -0.4 is 5.73 Å². The summed E-state index contributed by atoms with van der Waals surface area (Å²) in [6.45, 7) is 0.299. The molecule has 0 aliphatic carbocycles. The van der Waals surface area contributed by atoms with Gasteiger partial charge in [0.05, 0.1) is 0 Å². The number of hydrogen-bond donors (Lipinski definition) is 1. The van der Waals surface area contributed by atoms with Gasteiger partial charge in [-0.25, -0.2) is 21.6 Å². The summed E-state index contributed by atoms with van der Waals surface area (Å²) in [6.07, 6.45) is 2.02. The Morgan fingerprint density at radius 2 is 1.86 bits per heavy atom. The van der Waals surface area contributed by atoms with Crippen LogP contribution in [0.5, 0.6) is 0 Å². The van der Waals surface area contributed by atoms with Gasteiger partial charge in [0.15, 0.2) is 17.5 Å². The van der Waals surface area contributed by atoms with Crippen LogP contribution in [0, 0.1) is 17.5 Å². The molecule has 0 amide bonds. The van der Waals surface area contributed by atoms with Crippen LogP contribution in [0.2, 0.25) is 0 Å². The number of piperidine rings is 1. The zero-order chi connectivity index (χ0) is 14.9. The van der Waals surface area contributed by atoms with E-state index in [2.05, 4.69) is 0 Å². The molecule has 21 heavy (non-hydrogen) atoms. The van der Waals surface area contributed by atoms with E-state index in [-0.39, 0.29) is 25.5 Å². The maximum Gasteiger partial charge on any atom is 0.246 e. The van der Waals surface area contributed by atoms with E-state index in [1.54, 1.807) is 0 Å². The Morgan fingerprint density at radius 1 is 1.19 bits per heavy atom. The van der Waals surface area contributed by atoms with Gasteiger partial charge in [0.1, 0.15) is 4.90 Å². The molecule has 1 aromatic carbocycles. The van der Waals surface area contributed by atoms with Crippen LogP contribution in [0.25, 0.3) is 0 Å². The zero-order valence-electron chi connectivity index (χ0n) is 11.1. The highest BCUT2D eigenvalue weighted by atomic mass is 35.5. The molecule has 1 aliphatic rings. The normalized spacial score (nSPS) is 20.1. The third kappa shape index (κ3) is 3.33. The van der Waals surface area contributed by atoms with E-state index in [0.717, 1.165) is 16.8 Å². The molecule has 1 atom stereocenters. The second kappa shape index (κ2) is 6.95. The molecule has 9 heteroatoms. The summed E-state index contributed by atoms with van der Waals surface area (Å²) in [6, 6.07) is 0.902. The van der Waals surface area contributed by atoms with Crippen molar-refractivity contribution in [3.05, 3.63) is 29.6 Å². The Bertz CT molecular complexity index is 613. The molecule has 0 bridgehead atoms. The molecule has 1 saturated heterocycles. The van der Waals surface area contributed by atoms with Crippen molar-refractivity contribution in [2.24, 2.45) is 5.73 Å².